The molecule has 0 radical (unpaired) electrons. The molecule has 84 valence electrons. The Balaban J connectivity index is 2.85. The number of hydrogen-bond donors (Lipinski definition) is 0. The van der Waals surface area contributed by atoms with E-state index in [1.807, 2.05) is 6.08 Å². The summed E-state index contributed by atoms with van der Waals surface area (Å²) in [4.78, 5) is 2.15. The molecule has 0 aromatic rings. The normalized spacial score (nSPS) is 24.6. The molecule has 1 unspecified atom stereocenters. The van der Waals surface area contributed by atoms with E-state index >= 15 is 0 Å². The quantitative estimate of drug-likeness (QED) is 0.519. The van der Waals surface area contributed by atoms with Crippen LogP contribution in [0.3, 0.4) is 0 Å². The first-order chi connectivity index (χ1) is 7.08. The Morgan fingerprint density at radius 1 is 1.60 bits per heavy atom. The van der Waals surface area contributed by atoms with Gasteiger partial charge in [0.1, 0.15) is 5.76 Å². The summed E-state index contributed by atoms with van der Waals surface area (Å²) >= 11 is 0. The Morgan fingerprint density at radius 2 is 2.27 bits per heavy atom. The fraction of sp³-hybridized carbons (Fsp3) is 0.583. The summed E-state index contributed by atoms with van der Waals surface area (Å²) in [6.45, 7) is 5.05. The molecule has 15 heavy (non-hydrogen) atoms. The molecule has 1 atom stereocenters. The summed E-state index contributed by atoms with van der Waals surface area (Å²) in [6, 6.07) is 0. The summed E-state index contributed by atoms with van der Waals surface area (Å²) in [5.41, 5.74) is 1.06. The average Bonchev–Trinajstić information content (AvgIpc) is 2.20. The molecule has 1 aliphatic rings. The van der Waals surface area contributed by atoms with Gasteiger partial charge in [-0.15, -0.1) is 0 Å². The van der Waals surface area contributed by atoms with E-state index < -0.39 is 0 Å². The van der Waals surface area contributed by atoms with Crippen LogP contribution >= 0.6 is 0 Å². The third-order valence-corrected chi connectivity index (χ3v) is 2.62. The zero-order valence-electron chi connectivity index (χ0n) is 10.0. The van der Waals surface area contributed by atoms with Gasteiger partial charge in [0, 0.05) is 18.9 Å². The van der Waals surface area contributed by atoms with Crippen molar-refractivity contribution in [3.63, 3.8) is 0 Å². The van der Waals surface area contributed by atoms with Gasteiger partial charge in [-0.1, -0.05) is 6.58 Å². The maximum Gasteiger partial charge on any atom is 0.349 e. The van der Waals surface area contributed by atoms with E-state index in [1.165, 1.54) is 0 Å². The summed E-state index contributed by atoms with van der Waals surface area (Å²) in [7, 11) is 7.48. The molecule has 3 nitrogen and oxygen atoms in total. The summed E-state index contributed by atoms with van der Waals surface area (Å²) < 4.78 is 10.6. The number of ether oxygens (including phenoxy) is 1. The number of ketones is 1. The molecule has 0 N–H and O–H groups in total. The van der Waals surface area contributed by atoms with Gasteiger partial charge in [0.05, 0.1) is 18.8 Å². The summed E-state index contributed by atoms with van der Waals surface area (Å²) in [5, 5.41) is 0. The van der Waals surface area contributed by atoms with Gasteiger partial charge in [0.15, 0.2) is 0 Å². The van der Waals surface area contributed by atoms with Crippen LogP contribution in [0.15, 0.2) is 24.0 Å². The number of nitrogens with zero attached hydrogens (tertiary/aromatic N) is 1. The van der Waals surface area contributed by atoms with E-state index in [0.29, 0.717) is 5.92 Å². The van der Waals surface area contributed by atoms with Crippen LogP contribution in [0.2, 0.25) is 0 Å². The molecule has 0 aliphatic heterocycles. The van der Waals surface area contributed by atoms with Gasteiger partial charge < -0.3 is 9.64 Å². The average molecular weight is 210 g/mol. The van der Waals surface area contributed by atoms with E-state index in [9.17, 15) is 0 Å². The predicted octanol–water partition coefficient (Wildman–Crippen LogP) is 1.39. The Hall–Kier alpha value is -1.09. The first-order valence-electron chi connectivity index (χ1n) is 5.08. The van der Waals surface area contributed by atoms with Gasteiger partial charge in [0.2, 0.25) is 0 Å². The van der Waals surface area contributed by atoms with Crippen molar-refractivity contribution in [1.82, 2.24) is 4.90 Å². The standard InChI is InChI=1S/C12H20NO2/c1-9-10(8-13(2)3)6-11(14-4)7-12(9)15-5/h7,10H,1,6,8H2,2-5H3/q+1. The third kappa shape index (κ3) is 2.93. The molecule has 0 saturated carbocycles. The molecule has 1 aliphatic carbocycles. The van der Waals surface area contributed by atoms with Crippen LogP contribution < -0.4 is 0 Å². The lowest BCUT2D eigenvalue weighted by Crippen LogP contribution is -2.29. The van der Waals surface area contributed by atoms with Crippen molar-refractivity contribution in [2.75, 3.05) is 34.9 Å². The fourth-order valence-electron chi connectivity index (χ4n) is 1.81. The van der Waals surface area contributed by atoms with Gasteiger partial charge >= 0.3 is 5.78 Å². The second-order valence-electron chi connectivity index (χ2n) is 4.07. The van der Waals surface area contributed by atoms with E-state index in [1.54, 1.807) is 14.2 Å². The van der Waals surface area contributed by atoms with Crippen molar-refractivity contribution < 1.29 is 9.16 Å². The van der Waals surface area contributed by atoms with E-state index in [-0.39, 0.29) is 0 Å². The molecule has 1 rings (SSSR count). The Morgan fingerprint density at radius 3 is 2.73 bits per heavy atom. The lowest BCUT2D eigenvalue weighted by Gasteiger charge is -2.24. The van der Waals surface area contributed by atoms with Crippen LogP contribution in [0.25, 0.3) is 0 Å². The molecule has 0 heterocycles. The molecular formula is C12H20NO2+. The van der Waals surface area contributed by atoms with Gasteiger partial charge in [-0.3, -0.25) is 4.42 Å². The zero-order valence-corrected chi connectivity index (χ0v) is 10.0. The van der Waals surface area contributed by atoms with Gasteiger partial charge in [-0.25, -0.2) is 0 Å². The topological polar surface area (TPSA) is 23.8 Å². The third-order valence-electron chi connectivity index (χ3n) is 2.62. The smallest absolute Gasteiger partial charge is 0.349 e. The van der Waals surface area contributed by atoms with Gasteiger partial charge in [0.25, 0.3) is 7.11 Å². The Bertz CT molecular complexity index is 303. The van der Waals surface area contributed by atoms with E-state index in [0.717, 1.165) is 30.1 Å². The maximum atomic E-state index is 5.29. The van der Waals surface area contributed by atoms with Crippen LogP contribution in [-0.2, 0) is 9.16 Å². The van der Waals surface area contributed by atoms with Crippen molar-refractivity contribution in [1.29, 1.82) is 0 Å². The van der Waals surface area contributed by atoms with Crippen LogP contribution in [-0.4, -0.2) is 45.5 Å². The monoisotopic (exact) mass is 210 g/mol. The van der Waals surface area contributed by atoms with Crippen LogP contribution in [0, 0.1) is 5.92 Å². The molecule has 0 amide bonds. The van der Waals surface area contributed by atoms with Crippen molar-refractivity contribution in [2.45, 2.75) is 6.42 Å². The van der Waals surface area contributed by atoms with Gasteiger partial charge in [-0.2, -0.15) is 0 Å². The van der Waals surface area contributed by atoms with Crippen molar-refractivity contribution in [2.24, 2.45) is 5.92 Å². The number of hydrogen-bond acceptors (Lipinski definition) is 2. The zero-order chi connectivity index (χ0) is 11.4. The minimum Gasteiger partial charge on any atom is -0.501 e. The predicted molar refractivity (Wildman–Crippen MR) is 61.8 cm³/mol. The minimum atomic E-state index is 0.384. The molecule has 3 heteroatoms. The van der Waals surface area contributed by atoms with E-state index in [4.69, 9.17) is 9.16 Å². The van der Waals surface area contributed by atoms with Crippen molar-refractivity contribution >= 4 is 5.78 Å². The highest BCUT2D eigenvalue weighted by Crippen LogP contribution is 2.26. The highest BCUT2D eigenvalue weighted by atomic mass is 16.5. The van der Waals surface area contributed by atoms with Gasteiger partial charge in [-0.05, 0) is 14.1 Å². The summed E-state index contributed by atoms with van der Waals surface area (Å²) in [6.07, 6.45) is 2.83. The first kappa shape index (κ1) is 12.0. The SMILES string of the molecule is C=C1C(=[O+]C)C=C(OC)CC1CN(C)C. The number of methoxy groups -OCH3 is 1. The highest BCUT2D eigenvalue weighted by Gasteiger charge is 2.30. The molecular weight excluding hydrogens is 190 g/mol. The molecule has 0 aromatic heterocycles. The number of allylic oxidation sites excluding steroid dienone is 2. The molecule has 0 bridgehead atoms. The maximum absolute atomic E-state index is 5.29. The molecule has 0 spiro atoms. The lowest BCUT2D eigenvalue weighted by molar-refractivity contribution is -0.418. The molecule has 0 aromatic carbocycles. The van der Waals surface area contributed by atoms with Crippen LogP contribution in [0.4, 0.5) is 0 Å². The van der Waals surface area contributed by atoms with E-state index in [2.05, 4.69) is 25.6 Å². The second-order valence-corrected chi connectivity index (χ2v) is 4.07. The number of carbonyl (C=O) groups excluding carboxylic acids is 1. The fourth-order valence-corrected chi connectivity index (χ4v) is 1.81. The van der Waals surface area contributed by atoms with Crippen molar-refractivity contribution in [3.8, 4) is 0 Å². The van der Waals surface area contributed by atoms with Crippen molar-refractivity contribution in [3.05, 3.63) is 24.0 Å². The number of rotatable bonds is 3. The van der Waals surface area contributed by atoms with Crippen LogP contribution in [0.5, 0.6) is 0 Å². The molecule has 0 saturated heterocycles. The highest BCUT2D eigenvalue weighted by molar-refractivity contribution is 6.05. The lowest BCUT2D eigenvalue weighted by atomic mass is 9.87. The molecule has 0 fully saturated rings. The second kappa shape index (κ2) is 5.12. The van der Waals surface area contributed by atoms with Crippen LogP contribution in [0.1, 0.15) is 6.42 Å². The Labute approximate surface area is 91.7 Å². The summed E-state index contributed by atoms with van der Waals surface area (Å²) in [5.74, 6) is 2.19. The minimum absolute atomic E-state index is 0.384. The first-order valence-corrected chi connectivity index (χ1v) is 5.08. The Kier molecular flexibility index (Phi) is 4.09. The largest absolute Gasteiger partial charge is 0.501 e.